The third-order valence-electron chi connectivity index (χ3n) is 5.10. The maximum absolute atomic E-state index is 9.24. The van der Waals surface area contributed by atoms with Gasteiger partial charge in [0.2, 0.25) is 0 Å². The van der Waals surface area contributed by atoms with Gasteiger partial charge in [0.1, 0.15) is 0 Å². The third kappa shape index (κ3) is 4.88. The molecule has 0 atom stereocenters. The molecule has 3 aromatic carbocycles. The van der Waals surface area contributed by atoms with Gasteiger partial charge in [0.15, 0.2) is 0 Å². The van der Waals surface area contributed by atoms with Gasteiger partial charge in [0.05, 0.1) is 0 Å². The predicted octanol–water partition coefficient (Wildman–Crippen LogP) is 4.74. The van der Waals surface area contributed by atoms with E-state index in [2.05, 4.69) is 56.3 Å². The quantitative estimate of drug-likeness (QED) is 0.473. The highest BCUT2D eigenvalue weighted by Crippen LogP contribution is 2.28. The van der Waals surface area contributed by atoms with Crippen molar-refractivity contribution in [3.05, 3.63) is 77.9 Å². The highest BCUT2D eigenvalue weighted by Gasteiger charge is 2.11. The summed E-state index contributed by atoms with van der Waals surface area (Å²) in [6.45, 7) is 4.35. The predicted molar refractivity (Wildman–Crippen MR) is 115 cm³/mol. The summed E-state index contributed by atoms with van der Waals surface area (Å²) in [6, 6.07) is 22.8. The second-order valence-electron chi connectivity index (χ2n) is 7.18. The Bertz CT molecular complexity index is 868. The fourth-order valence-electron chi connectivity index (χ4n) is 3.44. The molecule has 0 saturated carbocycles. The summed E-state index contributed by atoms with van der Waals surface area (Å²) in [6.07, 6.45) is 4.97. The molecule has 0 bridgehead atoms. The van der Waals surface area contributed by atoms with Crippen LogP contribution in [0.25, 0.3) is 22.3 Å². The lowest BCUT2D eigenvalue weighted by atomic mass is 9.79. The monoisotopic (exact) mass is 358 g/mol. The van der Waals surface area contributed by atoms with Crippen molar-refractivity contribution in [1.82, 2.24) is 0 Å². The zero-order valence-corrected chi connectivity index (χ0v) is 16.2. The smallest absolute Gasteiger partial charge is 0.423 e. The Balaban J connectivity index is 1.78. The summed E-state index contributed by atoms with van der Waals surface area (Å²) in [5, 5.41) is 18.5. The summed E-state index contributed by atoms with van der Waals surface area (Å²) in [7, 11) is -1.42. The van der Waals surface area contributed by atoms with Gasteiger partial charge in [-0.3, -0.25) is 0 Å². The highest BCUT2D eigenvalue weighted by molar-refractivity contribution is 6.58. The zero-order chi connectivity index (χ0) is 19.2. The summed E-state index contributed by atoms with van der Waals surface area (Å²) < 4.78 is 0. The van der Waals surface area contributed by atoms with Crippen LogP contribution in [-0.4, -0.2) is 17.2 Å². The van der Waals surface area contributed by atoms with Crippen LogP contribution in [0.5, 0.6) is 0 Å². The first-order valence-electron chi connectivity index (χ1n) is 9.75. The van der Waals surface area contributed by atoms with Crippen molar-refractivity contribution in [3.8, 4) is 22.3 Å². The van der Waals surface area contributed by atoms with Gasteiger partial charge < -0.3 is 10.0 Å². The van der Waals surface area contributed by atoms with Gasteiger partial charge in [-0.05, 0) is 58.6 Å². The van der Waals surface area contributed by atoms with Crippen molar-refractivity contribution in [1.29, 1.82) is 0 Å². The van der Waals surface area contributed by atoms with Gasteiger partial charge in [0, 0.05) is 0 Å². The van der Waals surface area contributed by atoms with E-state index < -0.39 is 7.12 Å². The lowest BCUT2D eigenvalue weighted by molar-refractivity contribution is 0.426. The summed E-state index contributed by atoms with van der Waals surface area (Å²) in [4.78, 5) is 0. The molecule has 0 heterocycles. The van der Waals surface area contributed by atoms with Crippen molar-refractivity contribution in [2.75, 3.05) is 0 Å². The number of benzene rings is 3. The van der Waals surface area contributed by atoms with E-state index in [1.54, 1.807) is 12.1 Å². The van der Waals surface area contributed by atoms with Gasteiger partial charge in [-0.2, -0.15) is 0 Å². The molecular weight excluding hydrogens is 331 g/mol. The van der Waals surface area contributed by atoms with Crippen LogP contribution in [0.15, 0.2) is 66.7 Å². The molecule has 2 nitrogen and oxygen atoms in total. The minimum atomic E-state index is -1.42. The minimum Gasteiger partial charge on any atom is -0.423 e. The first-order valence-corrected chi connectivity index (χ1v) is 9.75. The highest BCUT2D eigenvalue weighted by atomic mass is 16.4. The summed E-state index contributed by atoms with van der Waals surface area (Å²) >= 11 is 0. The molecule has 2 N–H and O–H groups in total. The van der Waals surface area contributed by atoms with Crippen LogP contribution >= 0.6 is 0 Å². The molecular formula is C24H27BO2. The Labute approximate surface area is 162 Å². The molecule has 0 aromatic heterocycles. The van der Waals surface area contributed by atoms with E-state index in [1.807, 2.05) is 12.1 Å². The molecule has 0 aliphatic carbocycles. The Morgan fingerprint density at radius 2 is 1.37 bits per heavy atom. The number of hydrogen-bond donors (Lipinski definition) is 2. The van der Waals surface area contributed by atoms with Crippen LogP contribution in [0.2, 0.25) is 0 Å². The minimum absolute atomic E-state index is 0.507. The van der Waals surface area contributed by atoms with Crippen molar-refractivity contribution in [3.63, 3.8) is 0 Å². The summed E-state index contributed by atoms with van der Waals surface area (Å²) in [5.41, 5.74) is 7.82. The average molecular weight is 358 g/mol. The fourth-order valence-corrected chi connectivity index (χ4v) is 3.44. The van der Waals surface area contributed by atoms with E-state index in [0.717, 1.165) is 17.5 Å². The molecule has 0 fully saturated rings. The van der Waals surface area contributed by atoms with E-state index in [4.69, 9.17) is 0 Å². The van der Waals surface area contributed by atoms with Crippen LogP contribution in [0.1, 0.15) is 37.3 Å². The van der Waals surface area contributed by atoms with Crippen LogP contribution in [-0.2, 0) is 6.42 Å². The Morgan fingerprint density at radius 3 is 1.96 bits per heavy atom. The van der Waals surface area contributed by atoms with Gasteiger partial charge in [0.25, 0.3) is 0 Å². The van der Waals surface area contributed by atoms with E-state index >= 15 is 0 Å². The first-order chi connectivity index (χ1) is 13.1. The van der Waals surface area contributed by atoms with Gasteiger partial charge in [-0.25, -0.2) is 0 Å². The largest absolute Gasteiger partial charge is 0.488 e. The standard InChI is InChI=1S/C24H27BO2/c1-3-4-5-6-19-7-9-20(10-8-19)22-13-16-24(18(2)17-22)21-11-14-23(15-12-21)25(26)27/h7-17,26-27H,3-6H2,1-2H3. The average Bonchev–Trinajstić information content (AvgIpc) is 2.69. The molecule has 27 heavy (non-hydrogen) atoms. The molecule has 3 rings (SSSR count). The van der Waals surface area contributed by atoms with Crippen molar-refractivity contribution in [2.24, 2.45) is 0 Å². The molecule has 3 aromatic rings. The van der Waals surface area contributed by atoms with Crippen molar-refractivity contribution >= 4 is 12.6 Å². The van der Waals surface area contributed by atoms with Crippen LogP contribution < -0.4 is 5.46 Å². The number of unbranched alkanes of at least 4 members (excludes halogenated alkanes) is 2. The lowest BCUT2D eigenvalue weighted by Gasteiger charge is -2.11. The third-order valence-corrected chi connectivity index (χ3v) is 5.10. The molecule has 0 amide bonds. The Hall–Kier alpha value is -2.36. The lowest BCUT2D eigenvalue weighted by Crippen LogP contribution is -2.29. The first kappa shape index (κ1) is 19.4. The molecule has 0 aliphatic heterocycles. The van der Waals surface area contributed by atoms with Crippen molar-refractivity contribution < 1.29 is 10.0 Å². The number of aryl methyl sites for hydroxylation is 2. The molecule has 3 heteroatoms. The Morgan fingerprint density at radius 1 is 0.741 bits per heavy atom. The topological polar surface area (TPSA) is 40.5 Å². The molecule has 0 unspecified atom stereocenters. The SMILES string of the molecule is CCCCCc1ccc(-c2ccc(-c3ccc(B(O)O)cc3)c(C)c2)cc1. The van der Waals surface area contributed by atoms with Crippen LogP contribution in [0, 0.1) is 6.92 Å². The number of rotatable bonds is 7. The molecule has 0 aliphatic rings. The molecule has 0 spiro atoms. The molecule has 0 saturated heterocycles. The van der Waals surface area contributed by atoms with E-state index in [9.17, 15) is 10.0 Å². The van der Waals surface area contributed by atoms with E-state index in [1.165, 1.54) is 41.5 Å². The maximum atomic E-state index is 9.24. The Kier molecular flexibility index (Phi) is 6.49. The molecule has 0 radical (unpaired) electrons. The second-order valence-corrected chi connectivity index (χ2v) is 7.18. The van der Waals surface area contributed by atoms with E-state index in [-0.39, 0.29) is 0 Å². The zero-order valence-electron chi connectivity index (χ0n) is 16.2. The van der Waals surface area contributed by atoms with E-state index in [0.29, 0.717) is 5.46 Å². The van der Waals surface area contributed by atoms with Crippen molar-refractivity contribution in [2.45, 2.75) is 39.5 Å². The second kappa shape index (κ2) is 9.03. The van der Waals surface area contributed by atoms with Crippen LogP contribution in [0.4, 0.5) is 0 Å². The van der Waals surface area contributed by atoms with Crippen LogP contribution in [0.3, 0.4) is 0 Å². The van der Waals surface area contributed by atoms with Gasteiger partial charge >= 0.3 is 7.12 Å². The summed E-state index contributed by atoms with van der Waals surface area (Å²) in [5.74, 6) is 0. The number of hydrogen-bond acceptors (Lipinski definition) is 2. The van der Waals surface area contributed by atoms with Gasteiger partial charge in [-0.1, -0.05) is 86.5 Å². The van der Waals surface area contributed by atoms with Gasteiger partial charge in [-0.15, -0.1) is 0 Å². The fraction of sp³-hybridized carbons (Fsp3) is 0.250. The normalized spacial score (nSPS) is 10.8. The molecule has 138 valence electrons. The maximum Gasteiger partial charge on any atom is 0.488 e.